The summed E-state index contributed by atoms with van der Waals surface area (Å²) in [5.41, 5.74) is 2.09. The van der Waals surface area contributed by atoms with E-state index in [0.717, 1.165) is 17.7 Å². The van der Waals surface area contributed by atoms with E-state index in [4.69, 9.17) is 2.71 Å². The van der Waals surface area contributed by atoms with Crippen LogP contribution >= 0.6 is 23.8 Å². The van der Waals surface area contributed by atoms with Crippen LogP contribution in [0, 0.1) is 0 Å². The van der Waals surface area contributed by atoms with Gasteiger partial charge in [-0.15, -0.1) is 11.3 Å². The molecule has 0 amide bonds. The Morgan fingerprint density at radius 1 is 1.65 bits per heavy atom. The summed E-state index contributed by atoms with van der Waals surface area (Å²) in [5.74, 6) is 0. The molecule has 1 aliphatic rings. The summed E-state index contributed by atoms with van der Waals surface area (Å²) in [6.45, 7) is 1.48. The van der Waals surface area contributed by atoms with Crippen LogP contribution in [-0.4, -0.2) is 22.5 Å². The lowest BCUT2D eigenvalue weighted by atomic mass is 9.99. The van der Waals surface area contributed by atoms with Gasteiger partial charge in [0.2, 0.25) is 0 Å². The van der Waals surface area contributed by atoms with Crippen LogP contribution in [0.2, 0.25) is 6.82 Å². The highest BCUT2D eigenvalue weighted by Gasteiger charge is 2.20. The number of hydrogen-bond donors (Lipinski definition) is 2. The van der Waals surface area contributed by atoms with E-state index in [2.05, 4.69) is 23.5 Å². The van der Waals surface area contributed by atoms with E-state index in [1.54, 1.807) is 36.0 Å². The Kier molecular flexibility index (Phi) is 4.76. The van der Waals surface area contributed by atoms with Gasteiger partial charge in [-0.25, -0.2) is 17.5 Å². The zero-order chi connectivity index (χ0) is 16.3. The molecule has 0 spiro atoms. The molecule has 1 unspecified atom stereocenters. The molecule has 1 aliphatic carbocycles. The fourth-order valence-electron chi connectivity index (χ4n) is 2.37. The topological polar surface area (TPSA) is 38.1 Å². The minimum atomic E-state index is -0.655. The van der Waals surface area contributed by atoms with Crippen molar-refractivity contribution in [2.24, 2.45) is 7.05 Å². The van der Waals surface area contributed by atoms with Crippen LogP contribution in [-0.2, 0) is 19.9 Å². The van der Waals surface area contributed by atoms with E-state index in [1.165, 1.54) is 23.3 Å². The molecule has 0 saturated heterocycles. The Bertz CT molecular complexity index is 604. The average Bonchev–Trinajstić information content (AvgIpc) is 3.02. The highest BCUT2D eigenvalue weighted by atomic mass is 32.1. The Hall–Kier alpha value is -0.715. The molecular weight excluding hydrogens is 287 g/mol. The Morgan fingerprint density at radius 3 is 2.95 bits per heavy atom. The first-order valence-corrected chi connectivity index (χ1v) is 8.11. The predicted molar refractivity (Wildman–Crippen MR) is 90.2 cm³/mol. The third kappa shape index (κ3) is 3.48. The molecule has 6 heteroatoms. The molecule has 0 fully saturated rings. The maximum absolute atomic E-state index is 10.4. The number of nitrogens with zero attached hydrogens (tertiary/aromatic N) is 2. The monoisotopic (exact) mass is 311 g/mol. The maximum Gasteiger partial charge on any atom is 0.184 e. The zero-order valence-corrected chi connectivity index (χ0v) is 13.5. The zero-order valence-electron chi connectivity index (χ0n) is 13.8. The number of thiophene rings is 1. The molecule has 2 heterocycles. The van der Waals surface area contributed by atoms with E-state index < -0.39 is 6.10 Å². The molecule has 0 aliphatic heterocycles. The van der Waals surface area contributed by atoms with Crippen LogP contribution in [0.4, 0.5) is 0 Å². The predicted octanol–water partition coefficient (Wildman–Crippen LogP) is 2.76. The lowest BCUT2D eigenvalue weighted by Gasteiger charge is -2.08. The molecule has 3 nitrogen and oxygen atoms in total. The van der Waals surface area contributed by atoms with E-state index in [1.807, 2.05) is 0 Å². The fourth-order valence-corrected chi connectivity index (χ4v) is 3.63. The van der Waals surface area contributed by atoms with Crippen molar-refractivity contribution in [2.45, 2.75) is 38.6 Å². The van der Waals surface area contributed by atoms with Crippen LogP contribution in [0.15, 0.2) is 18.6 Å². The van der Waals surface area contributed by atoms with Gasteiger partial charge in [0.15, 0.2) is 6.52 Å². The van der Waals surface area contributed by atoms with Crippen molar-refractivity contribution in [3.63, 3.8) is 0 Å². The van der Waals surface area contributed by atoms with Crippen molar-refractivity contribution in [3.8, 4) is 0 Å². The lowest BCUT2D eigenvalue weighted by molar-refractivity contribution is 0.215. The van der Waals surface area contributed by atoms with E-state index >= 15 is 0 Å². The summed E-state index contributed by atoms with van der Waals surface area (Å²) in [6, 6.07) is 2.13. The smallest absolute Gasteiger partial charge is 0.184 e. The molecule has 0 aromatic carbocycles. The van der Waals surface area contributed by atoms with E-state index in [-0.39, 0.29) is 12.8 Å². The van der Waals surface area contributed by atoms with Gasteiger partial charge in [0.1, 0.15) is 7.47 Å². The van der Waals surface area contributed by atoms with Gasteiger partial charge in [-0.3, -0.25) is 0 Å². The van der Waals surface area contributed by atoms with Crippen LogP contribution < -0.4 is 0 Å². The molecule has 20 heavy (non-hydrogen) atoms. The third-order valence-corrected chi connectivity index (χ3v) is 4.65. The summed E-state index contributed by atoms with van der Waals surface area (Å²) < 4.78 is 15.6. The summed E-state index contributed by atoms with van der Waals surface area (Å²) in [5, 5.41) is 10.4. The Balaban J connectivity index is 0.000000396. The average molecular weight is 311 g/mol. The number of aliphatic hydroxyl groups excluding tert-OH is 1. The molecule has 2 aromatic rings. The molecule has 2 aromatic heterocycles. The molecule has 3 rings (SSSR count). The third-order valence-electron chi connectivity index (χ3n) is 3.36. The molecule has 0 bridgehead atoms. The Morgan fingerprint density at radius 2 is 2.35 bits per heavy atom. The van der Waals surface area contributed by atoms with Gasteiger partial charge >= 0.3 is 0 Å². The standard InChI is InChI=1S/C13H16N2OS.CH5BS/c1-15-8-14-7-10(15)13(16)12-6-9-4-2-3-5-11(9)17-12;1-2-3/h6-8,13,16H,2-5H2,1H3;2-3H,1H3/i8T;2D. The largest absolute Gasteiger partial charge is 0.381 e. The quantitative estimate of drug-likeness (QED) is 0.661. The summed E-state index contributed by atoms with van der Waals surface area (Å²) in [4.78, 5) is 6.32. The minimum absolute atomic E-state index is 0.186. The van der Waals surface area contributed by atoms with E-state index in [0.29, 0.717) is 5.69 Å². The molecule has 0 saturated carbocycles. The van der Waals surface area contributed by atoms with Crippen molar-refractivity contribution in [1.29, 1.82) is 1.34 Å². The van der Waals surface area contributed by atoms with Crippen molar-refractivity contribution >= 4 is 30.3 Å². The first-order chi connectivity index (χ1) is 10.4. The lowest BCUT2D eigenvalue weighted by Crippen LogP contribution is -2.03. The number of aryl methyl sites for hydroxylation is 2. The highest BCUT2D eigenvalue weighted by Crippen LogP contribution is 2.34. The first-order valence-electron chi connectivity index (χ1n) is 7.86. The summed E-state index contributed by atoms with van der Waals surface area (Å²) in [7, 11) is 1.77. The van der Waals surface area contributed by atoms with E-state index in [9.17, 15) is 5.11 Å². The molecule has 1 N–H and O–H groups in total. The number of imidazole rings is 1. The molecular formula is C14H21BN2OS2. The Labute approximate surface area is 133 Å². The van der Waals surface area contributed by atoms with Gasteiger partial charge < -0.3 is 9.67 Å². The van der Waals surface area contributed by atoms with Crippen LogP contribution in [0.3, 0.4) is 0 Å². The second-order valence-electron chi connectivity index (χ2n) is 4.81. The number of aliphatic hydroxyl groups is 1. The fraction of sp³-hybridized carbons (Fsp3) is 0.500. The van der Waals surface area contributed by atoms with Gasteiger partial charge in [0.05, 0.1) is 18.2 Å². The summed E-state index contributed by atoms with van der Waals surface area (Å²) in [6.07, 6.45) is 5.90. The van der Waals surface area contributed by atoms with Gasteiger partial charge in [-0.05, 0) is 38.6 Å². The second-order valence-corrected chi connectivity index (χ2v) is 6.49. The van der Waals surface area contributed by atoms with Crippen LogP contribution in [0.25, 0.3) is 0 Å². The minimum Gasteiger partial charge on any atom is -0.381 e. The van der Waals surface area contributed by atoms with Crippen molar-refractivity contribution in [3.05, 3.63) is 39.6 Å². The van der Waals surface area contributed by atoms with Crippen LogP contribution in [0.1, 0.15) is 41.3 Å². The van der Waals surface area contributed by atoms with Gasteiger partial charge in [0.25, 0.3) is 0 Å². The number of fused-ring (bicyclic) bond motifs is 1. The van der Waals surface area contributed by atoms with Crippen molar-refractivity contribution in [1.82, 2.24) is 9.55 Å². The molecule has 1 atom stereocenters. The normalized spacial score (nSPS) is 16.4. The maximum atomic E-state index is 10.4. The van der Waals surface area contributed by atoms with Crippen molar-refractivity contribution < 1.29 is 6.48 Å². The number of hydrogen-bond acceptors (Lipinski definition) is 4. The van der Waals surface area contributed by atoms with Crippen LogP contribution in [0.5, 0.6) is 0 Å². The molecule has 108 valence electrons. The SMILES string of the molecule is [2H]B(C)S.[3H]c1ncc(C(O)c2cc3c(s2)CCCC3)n1C. The van der Waals surface area contributed by atoms with Gasteiger partial charge in [-0.2, -0.15) is 0 Å². The second kappa shape index (κ2) is 7.34. The highest BCUT2D eigenvalue weighted by molar-refractivity contribution is 8.06. The number of rotatable bonds is 2. The van der Waals surface area contributed by atoms with Gasteiger partial charge in [-0.1, -0.05) is 6.82 Å². The van der Waals surface area contributed by atoms with Gasteiger partial charge in [0, 0.05) is 16.8 Å². The van der Waals surface area contributed by atoms with Crippen molar-refractivity contribution in [2.75, 3.05) is 0 Å². The molecule has 0 radical (unpaired) electrons. The number of thiol groups is 1. The number of aromatic nitrogens is 2. The summed E-state index contributed by atoms with van der Waals surface area (Å²) >= 11 is 5.34. The first kappa shape index (κ1) is 13.0.